The lowest BCUT2D eigenvalue weighted by atomic mass is 9.84. The molecule has 0 spiro atoms. The number of nitrogens with two attached hydrogens (primary N) is 2. The Hall–Kier alpha value is -3.64. The van der Waals surface area contributed by atoms with E-state index >= 15 is 0 Å². The van der Waals surface area contributed by atoms with Gasteiger partial charge in [0.2, 0.25) is 0 Å². The van der Waals surface area contributed by atoms with Crippen molar-refractivity contribution in [1.29, 1.82) is 0 Å². The highest BCUT2D eigenvalue weighted by Gasteiger charge is 2.23. The van der Waals surface area contributed by atoms with Gasteiger partial charge in [-0.05, 0) is 62.0 Å². The predicted molar refractivity (Wildman–Crippen MR) is 129 cm³/mol. The summed E-state index contributed by atoms with van der Waals surface area (Å²) in [5.41, 5.74) is 18.3. The van der Waals surface area contributed by atoms with Crippen LogP contribution in [0.4, 0.5) is 5.69 Å². The first kappa shape index (κ1) is 21.6. The van der Waals surface area contributed by atoms with Crippen molar-refractivity contribution in [3.63, 3.8) is 0 Å². The first-order chi connectivity index (χ1) is 15.5. The number of allylic oxidation sites excluding steroid dienone is 1. The SMILES string of the molecule is Cc1[nH]c(/C=C(\C=O)c2c(N)cccc2C2CCNCC2)c(-c2ccccc2)c1C(N)=O. The van der Waals surface area contributed by atoms with Crippen LogP contribution in [0.3, 0.4) is 0 Å². The highest BCUT2D eigenvalue weighted by molar-refractivity contribution is 6.17. The molecule has 0 atom stereocenters. The smallest absolute Gasteiger partial charge is 0.251 e. The molecule has 0 unspecified atom stereocenters. The third kappa shape index (κ3) is 4.09. The fourth-order valence-corrected chi connectivity index (χ4v) is 4.69. The van der Waals surface area contributed by atoms with Crippen molar-refractivity contribution in [2.75, 3.05) is 18.8 Å². The number of rotatable bonds is 6. The second-order valence-corrected chi connectivity index (χ2v) is 8.20. The molecule has 1 aliphatic rings. The maximum Gasteiger partial charge on any atom is 0.251 e. The number of aromatic nitrogens is 1. The molecule has 6 heteroatoms. The van der Waals surface area contributed by atoms with Crippen molar-refractivity contribution in [2.24, 2.45) is 5.73 Å². The number of aromatic amines is 1. The van der Waals surface area contributed by atoms with Crippen LogP contribution in [0.1, 0.15) is 51.6 Å². The van der Waals surface area contributed by atoms with Gasteiger partial charge in [0, 0.05) is 33.8 Å². The minimum Gasteiger partial charge on any atom is -0.398 e. The molecule has 1 aliphatic heterocycles. The molecule has 164 valence electrons. The number of primary amides is 1. The summed E-state index contributed by atoms with van der Waals surface area (Å²) in [5, 5.41) is 3.38. The van der Waals surface area contributed by atoms with Gasteiger partial charge in [-0.1, -0.05) is 42.5 Å². The molecule has 1 aromatic heterocycles. The molecule has 6 nitrogen and oxygen atoms in total. The van der Waals surface area contributed by atoms with Gasteiger partial charge < -0.3 is 21.8 Å². The summed E-state index contributed by atoms with van der Waals surface area (Å²) >= 11 is 0. The summed E-state index contributed by atoms with van der Waals surface area (Å²) in [4.78, 5) is 27.8. The van der Waals surface area contributed by atoms with Gasteiger partial charge in [-0.2, -0.15) is 0 Å². The van der Waals surface area contributed by atoms with Crippen molar-refractivity contribution in [3.8, 4) is 11.1 Å². The Kier molecular flexibility index (Phi) is 6.23. The molecule has 1 saturated heterocycles. The summed E-state index contributed by atoms with van der Waals surface area (Å²) in [5.74, 6) is -0.183. The number of nitrogen functional groups attached to an aromatic ring is 1. The highest BCUT2D eigenvalue weighted by atomic mass is 16.1. The number of aryl methyl sites for hydroxylation is 1. The first-order valence-electron chi connectivity index (χ1n) is 10.9. The molecule has 2 heterocycles. The Balaban J connectivity index is 1.90. The number of piperidine rings is 1. The van der Waals surface area contributed by atoms with Crippen LogP contribution in [0, 0.1) is 6.92 Å². The average molecular weight is 429 g/mol. The van der Waals surface area contributed by atoms with E-state index in [0.717, 1.165) is 48.9 Å². The zero-order chi connectivity index (χ0) is 22.7. The fourth-order valence-electron chi connectivity index (χ4n) is 4.69. The third-order valence-electron chi connectivity index (χ3n) is 6.15. The summed E-state index contributed by atoms with van der Waals surface area (Å²) in [7, 11) is 0. The average Bonchev–Trinajstić information content (AvgIpc) is 3.14. The van der Waals surface area contributed by atoms with E-state index in [2.05, 4.69) is 16.4 Å². The second-order valence-electron chi connectivity index (χ2n) is 8.20. The molecule has 0 aliphatic carbocycles. The van der Waals surface area contributed by atoms with Crippen molar-refractivity contribution in [2.45, 2.75) is 25.7 Å². The van der Waals surface area contributed by atoms with Gasteiger partial charge in [0.15, 0.2) is 6.29 Å². The zero-order valence-electron chi connectivity index (χ0n) is 18.2. The van der Waals surface area contributed by atoms with E-state index in [4.69, 9.17) is 11.5 Å². The topological polar surface area (TPSA) is 114 Å². The van der Waals surface area contributed by atoms with E-state index in [1.54, 1.807) is 6.08 Å². The molecule has 0 bridgehead atoms. The number of carbonyl (C=O) groups is 2. The maximum atomic E-state index is 12.3. The minimum absolute atomic E-state index is 0.332. The molecule has 4 rings (SSSR count). The Labute approximate surface area is 187 Å². The molecule has 2 aromatic carbocycles. The third-order valence-corrected chi connectivity index (χ3v) is 6.15. The van der Waals surface area contributed by atoms with Gasteiger partial charge in [-0.25, -0.2) is 0 Å². The zero-order valence-corrected chi connectivity index (χ0v) is 18.2. The van der Waals surface area contributed by atoms with Gasteiger partial charge in [0.1, 0.15) is 0 Å². The van der Waals surface area contributed by atoms with Crippen molar-refractivity contribution >= 4 is 29.5 Å². The van der Waals surface area contributed by atoms with Gasteiger partial charge in [0.25, 0.3) is 5.91 Å². The standard InChI is InChI=1S/C26H28N4O2/c1-16-23(26(28)32)25(18-6-3-2-4-7-18)22(30-16)14-19(15-31)24-20(8-5-9-21(24)27)17-10-12-29-13-11-17/h2-9,14-15,17,29-30H,10-13,27H2,1H3,(H2,28,32)/b19-14+. The maximum absolute atomic E-state index is 12.3. The minimum atomic E-state index is -0.514. The van der Waals surface area contributed by atoms with Crippen LogP contribution in [0.5, 0.6) is 0 Å². The lowest BCUT2D eigenvalue weighted by Crippen LogP contribution is -2.27. The number of aldehydes is 1. The van der Waals surface area contributed by atoms with Gasteiger partial charge >= 0.3 is 0 Å². The first-order valence-corrected chi connectivity index (χ1v) is 10.9. The molecule has 1 fully saturated rings. The molecular formula is C26H28N4O2. The van der Waals surface area contributed by atoms with Gasteiger partial charge in [-0.3, -0.25) is 9.59 Å². The Bertz CT molecular complexity index is 1170. The van der Waals surface area contributed by atoms with E-state index in [0.29, 0.717) is 39.7 Å². The summed E-state index contributed by atoms with van der Waals surface area (Å²) in [6, 6.07) is 15.4. The van der Waals surface area contributed by atoms with Crippen molar-refractivity contribution in [3.05, 3.63) is 76.6 Å². The number of benzene rings is 2. The molecule has 0 saturated carbocycles. The normalized spacial score (nSPS) is 15.0. The number of carbonyl (C=O) groups excluding carboxylic acids is 2. The van der Waals surface area contributed by atoms with Crippen LogP contribution >= 0.6 is 0 Å². The Morgan fingerprint density at radius 2 is 1.75 bits per heavy atom. The lowest BCUT2D eigenvalue weighted by Gasteiger charge is -2.26. The van der Waals surface area contributed by atoms with E-state index in [-0.39, 0.29) is 0 Å². The lowest BCUT2D eigenvalue weighted by molar-refractivity contribution is -0.103. The van der Waals surface area contributed by atoms with E-state index in [9.17, 15) is 9.59 Å². The number of nitrogens with one attached hydrogen (secondary N) is 2. The Morgan fingerprint density at radius 1 is 1.03 bits per heavy atom. The van der Waals surface area contributed by atoms with Gasteiger partial charge in [-0.15, -0.1) is 0 Å². The Morgan fingerprint density at radius 3 is 2.41 bits per heavy atom. The van der Waals surface area contributed by atoms with Crippen LogP contribution < -0.4 is 16.8 Å². The quantitative estimate of drug-likeness (QED) is 0.271. The fraction of sp³-hybridized carbons (Fsp3) is 0.231. The van der Waals surface area contributed by atoms with Gasteiger partial charge in [0.05, 0.1) is 5.56 Å². The molecule has 1 amide bonds. The molecule has 32 heavy (non-hydrogen) atoms. The van der Waals surface area contributed by atoms with Crippen LogP contribution in [-0.4, -0.2) is 30.3 Å². The van der Waals surface area contributed by atoms with Crippen LogP contribution in [0.25, 0.3) is 22.8 Å². The highest BCUT2D eigenvalue weighted by Crippen LogP contribution is 2.37. The number of H-pyrrole nitrogens is 1. The molecule has 3 aromatic rings. The molecule has 6 N–H and O–H groups in total. The van der Waals surface area contributed by atoms with Crippen molar-refractivity contribution < 1.29 is 9.59 Å². The summed E-state index contributed by atoms with van der Waals surface area (Å²) in [6.07, 6.45) is 4.60. The van der Waals surface area contributed by atoms with Crippen LogP contribution in [0.15, 0.2) is 48.5 Å². The monoisotopic (exact) mass is 428 g/mol. The van der Waals surface area contributed by atoms with E-state index < -0.39 is 5.91 Å². The number of anilines is 1. The van der Waals surface area contributed by atoms with E-state index in [1.807, 2.05) is 49.4 Å². The summed E-state index contributed by atoms with van der Waals surface area (Å²) in [6.45, 7) is 3.69. The van der Waals surface area contributed by atoms with E-state index in [1.165, 1.54) is 0 Å². The van der Waals surface area contributed by atoms with Crippen molar-refractivity contribution in [1.82, 2.24) is 10.3 Å². The number of hydrogen-bond donors (Lipinski definition) is 4. The largest absolute Gasteiger partial charge is 0.398 e. The number of amides is 1. The molecular weight excluding hydrogens is 400 g/mol. The second kappa shape index (κ2) is 9.24. The summed E-state index contributed by atoms with van der Waals surface area (Å²) < 4.78 is 0. The number of hydrogen-bond acceptors (Lipinski definition) is 4. The molecule has 0 radical (unpaired) electrons. The van der Waals surface area contributed by atoms with Crippen LogP contribution in [0.2, 0.25) is 0 Å². The van der Waals surface area contributed by atoms with Crippen LogP contribution in [-0.2, 0) is 4.79 Å². The predicted octanol–water partition coefficient (Wildman–Crippen LogP) is 3.88.